The molecule has 0 atom stereocenters. The lowest BCUT2D eigenvalue weighted by atomic mass is 10.1. The van der Waals surface area contributed by atoms with Crippen molar-refractivity contribution in [2.24, 2.45) is 0 Å². The molecule has 0 fully saturated rings. The third-order valence-electron chi connectivity index (χ3n) is 3.68. The van der Waals surface area contributed by atoms with Gasteiger partial charge in [0.2, 0.25) is 0 Å². The van der Waals surface area contributed by atoms with Crippen LogP contribution < -0.4 is 10.0 Å². The van der Waals surface area contributed by atoms with Crippen molar-refractivity contribution in [2.45, 2.75) is 4.90 Å². The Balaban J connectivity index is 1.92. The smallest absolute Gasteiger partial charge is 0.261 e. The number of hydrogen-bond donors (Lipinski definition) is 2. The zero-order valence-corrected chi connectivity index (χ0v) is 18.9. The van der Waals surface area contributed by atoms with Gasteiger partial charge in [-0.15, -0.1) is 0 Å². The number of amides is 1. The summed E-state index contributed by atoms with van der Waals surface area (Å²) in [6.07, 6.45) is 0. The van der Waals surface area contributed by atoms with Crippen molar-refractivity contribution in [2.75, 3.05) is 10.0 Å². The zero-order valence-electron chi connectivity index (χ0n) is 14.1. The van der Waals surface area contributed by atoms with Gasteiger partial charge in [-0.1, -0.05) is 49.5 Å². The minimum Gasteiger partial charge on any atom is -0.322 e. The van der Waals surface area contributed by atoms with E-state index in [1.54, 1.807) is 48.5 Å². The summed E-state index contributed by atoms with van der Waals surface area (Å²) in [4.78, 5) is 12.8. The molecule has 3 rings (SSSR count). The highest BCUT2D eigenvalue weighted by atomic mass is 79.9. The molecule has 144 valence electrons. The standard InChI is InChI=1S/C19H13Br2ClN2O3S/c20-12-4-7-15(8-5-12)23-19(25)17-10-13(21)6-9-18(17)24-28(26,27)16-3-1-2-14(22)11-16/h1-11,24H,(H,23,25). The normalized spacial score (nSPS) is 11.1. The number of hydrogen-bond acceptors (Lipinski definition) is 3. The third-order valence-corrected chi connectivity index (χ3v) is 6.30. The number of halogens is 3. The summed E-state index contributed by atoms with van der Waals surface area (Å²) in [5.41, 5.74) is 0.900. The van der Waals surface area contributed by atoms with E-state index in [1.807, 2.05) is 0 Å². The van der Waals surface area contributed by atoms with Gasteiger partial charge in [0.15, 0.2) is 0 Å². The van der Waals surface area contributed by atoms with Crippen molar-refractivity contribution in [3.8, 4) is 0 Å². The van der Waals surface area contributed by atoms with Gasteiger partial charge in [-0.3, -0.25) is 9.52 Å². The van der Waals surface area contributed by atoms with Crippen molar-refractivity contribution < 1.29 is 13.2 Å². The second-order valence-corrected chi connectivity index (χ2v) is 9.66. The van der Waals surface area contributed by atoms with Crippen LogP contribution in [0.15, 0.2) is 80.6 Å². The van der Waals surface area contributed by atoms with E-state index >= 15 is 0 Å². The van der Waals surface area contributed by atoms with Crippen LogP contribution in [0.25, 0.3) is 0 Å². The van der Waals surface area contributed by atoms with Crippen molar-refractivity contribution in [3.63, 3.8) is 0 Å². The van der Waals surface area contributed by atoms with Crippen LogP contribution in [0.3, 0.4) is 0 Å². The third kappa shape index (κ3) is 5.14. The Labute approximate surface area is 184 Å². The Morgan fingerprint density at radius 1 is 0.893 bits per heavy atom. The average molecular weight is 545 g/mol. The fourth-order valence-corrected chi connectivity index (χ4v) is 4.37. The van der Waals surface area contributed by atoms with E-state index in [1.165, 1.54) is 18.2 Å². The Morgan fingerprint density at radius 3 is 2.25 bits per heavy atom. The number of carbonyl (C=O) groups excluding carboxylic acids is 1. The SMILES string of the molecule is O=C(Nc1ccc(Br)cc1)c1cc(Br)ccc1NS(=O)(=O)c1cccc(Cl)c1. The van der Waals surface area contributed by atoms with Crippen LogP contribution in [0.4, 0.5) is 11.4 Å². The van der Waals surface area contributed by atoms with Crippen molar-refractivity contribution in [1.29, 1.82) is 0 Å². The van der Waals surface area contributed by atoms with Crippen LogP contribution in [0.1, 0.15) is 10.4 Å². The highest BCUT2D eigenvalue weighted by Crippen LogP contribution is 2.26. The fraction of sp³-hybridized carbons (Fsp3) is 0. The molecule has 3 aromatic carbocycles. The number of benzene rings is 3. The summed E-state index contributed by atoms with van der Waals surface area (Å²) in [6.45, 7) is 0. The summed E-state index contributed by atoms with van der Waals surface area (Å²) in [7, 11) is -3.92. The molecule has 0 aliphatic carbocycles. The maximum absolute atomic E-state index is 12.7. The number of rotatable bonds is 5. The Hall–Kier alpha value is -1.87. The lowest BCUT2D eigenvalue weighted by molar-refractivity contribution is 0.102. The molecule has 0 heterocycles. The van der Waals surface area contributed by atoms with E-state index in [0.29, 0.717) is 15.2 Å². The lowest BCUT2D eigenvalue weighted by Crippen LogP contribution is -2.18. The van der Waals surface area contributed by atoms with Crippen molar-refractivity contribution >= 4 is 70.8 Å². The van der Waals surface area contributed by atoms with Gasteiger partial charge in [0.25, 0.3) is 15.9 Å². The number of anilines is 2. The molecule has 0 saturated carbocycles. The maximum Gasteiger partial charge on any atom is 0.261 e. The molecule has 0 radical (unpaired) electrons. The molecular formula is C19H13Br2ClN2O3S. The van der Waals surface area contributed by atoms with Gasteiger partial charge in [0.1, 0.15) is 0 Å². The molecule has 0 spiro atoms. The molecule has 0 aromatic heterocycles. The number of nitrogens with one attached hydrogen (secondary N) is 2. The van der Waals surface area contributed by atoms with E-state index in [0.717, 1.165) is 4.47 Å². The summed E-state index contributed by atoms with van der Waals surface area (Å²) < 4.78 is 29.4. The van der Waals surface area contributed by atoms with Crippen LogP contribution in [0, 0.1) is 0 Å². The predicted octanol–water partition coefficient (Wildman–Crippen LogP) is 5.92. The molecule has 0 aliphatic heterocycles. The molecule has 0 unspecified atom stereocenters. The first kappa shape index (κ1) is 20.9. The summed E-state index contributed by atoms with van der Waals surface area (Å²) in [5.74, 6) is -0.451. The van der Waals surface area contributed by atoms with Gasteiger partial charge in [-0.2, -0.15) is 0 Å². The average Bonchev–Trinajstić information content (AvgIpc) is 2.65. The van der Waals surface area contributed by atoms with Crippen molar-refractivity contribution in [1.82, 2.24) is 0 Å². The lowest BCUT2D eigenvalue weighted by Gasteiger charge is -2.14. The quantitative estimate of drug-likeness (QED) is 0.419. The van der Waals surface area contributed by atoms with Gasteiger partial charge in [0, 0.05) is 19.7 Å². The first-order chi connectivity index (χ1) is 13.2. The molecule has 28 heavy (non-hydrogen) atoms. The minimum atomic E-state index is -3.92. The van der Waals surface area contributed by atoms with Gasteiger partial charge in [0.05, 0.1) is 16.1 Å². The van der Waals surface area contributed by atoms with Crippen molar-refractivity contribution in [3.05, 3.63) is 86.3 Å². The molecule has 0 aliphatic rings. The van der Waals surface area contributed by atoms with Gasteiger partial charge >= 0.3 is 0 Å². The largest absolute Gasteiger partial charge is 0.322 e. The molecule has 3 aromatic rings. The van der Waals surface area contributed by atoms with E-state index in [4.69, 9.17) is 11.6 Å². The van der Waals surface area contributed by atoms with Crippen LogP contribution >= 0.6 is 43.5 Å². The molecule has 5 nitrogen and oxygen atoms in total. The first-order valence-corrected chi connectivity index (χ1v) is 11.3. The van der Waals surface area contributed by atoms with E-state index in [-0.39, 0.29) is 16.1 Å². The second-order valence-electron chi connectivity index (χ2n) is 5.71. The topological polar surface area (TPSA) is 75.3 Å². The molecule has 0 bridgehead atoms. The maximum atomic E-state index is 12.7. The molecular weight excluding hydrogens is 532 g/mol. The van der Waals surface area contributed by atoms with Crippen LogP contribution in [-0.4, -0.2) is 14.3 Å². The van der Waals surface area contributed by atoms with E-state index in [2.05, 4.69) is 41.9 Å². The van der Waals surface area contributed by atoms with Crippen LogP contribution in [0.5, 0.6) is 0 Å². The zero-order chi connectivity index (χ0) is 20.3. The summed E-state index contributed by atoms with van der Waals surface area (Å²) >= 11 is 12.5. The molecule has 1 amide bonds. The highest BCUT2D eigenvalue weighted by molar-refractivity contribution is 9.10. The second kappa shape index (κ2) is 8.65. The Morgan fingerprint density at radius 2 is 1.57 bits per heavy atom. The fourth-order valence-electron chi connectivity index (χ4n) is 2.36. The molecule has 9 heteroatoms. The van der Waals surface area contributed by atoms with Gasteiger partial charge in [-0.25, -0.2) is 8.42 Å². The van der Waals surface area contributed by atoms with E-state index in [9.17, 15) is 13.2 Å². The first-order valence-electron chi connectivity index (χ1n) is 7.89. The predicted molar refractivity (Wildman–Crippen MR) is 118 cm³/mol. The van der Waals surface area contributed by atoms with E-state index < -0.39 is 15.9 Å². The monoisotopic (exact) mass is 542 g/mol. The summed E-state index contributed by atoms with van der Waals surface area (Å²) in [5, 5.41) is 3.05. The Bertz CT molecular complexity index is 1140. The molecule has 0 saturated heterocycles. The minimum absolute atomic E-state index is 0.00202. The van der Waals surface area contributed by atoms with Crippen LogP contribution in [0.2, 0.25) is 5.02 Å². The van der Waals surface area contributed by atoms with Crippen LogP contribution in [-0.2, 0) is 10.0 Å². The van der Waals surface area contributed by atoms with Gasteiger partial charge in [-0.05, 0) is 60.7 Å². The number of sulfonamides is 1. The summed E-state index contributed by atoms with van der Waals surface area (Å²) in [6, 6.07) is 17.6. The van der Waals surface area contributed by atoms with Gasteiger partial charge < -0.3 is 5.32 Å². The Kier molecular flexibility index (Phi) is 6.44. The number of carbonyl (C=O) groups is 1. The molecule has 2 N–H and O–H groups in total. The highest BCUT2D eigenvalue weighted by Gasteiger charge is 2.19.